The summed E-state index contributed by atoms with van der Waals surface area (Å²) in [4.78, 5) is 12.8. The van der Waals surface area contributed by atoms with Gasteiger partial charge in [0.15, 0.2) is 0 Å². The van der Waals surface area contributed by atoms with Crippen molar-refractivity contribution < 1.29 is 24.1 Å². The SMILES string of the molecule is CCOC(=O)C(C)(Oc1ccccc1C)C(O)c1ccc(OCc2ccccc2)cc1. The first-order valence-corrected chi connectivity index (χ1v) is 10.3. The summed E-state index contributed by atoms with van der Waals surface area (Å²) in [5, 5.41) is 11.1. The molecule has 0 saturated carbocycles. The van der Waals surface area contributed by atoms with Gasteiger partial charge in [0.05, 0.1) is 6.61 Å². The molecule has 3 rings (SSSR count). The maximum Gasteiger partial charge on any atom is 0.353 e. The zero-order chi connectivity index (χ0) is 22.3. The van der Waals surface area contributed by atoms with E-state index in [4.69, 9.17) is 14.2 Å². The number of esters is 1. The molecule has 0 amide bonds. The zero-order valence-electron chi connectivity index (χ0n) is 18.1. The monoisotopic (exact) mass is 420 g/mol. The summed E-state index contributed by atoms with van der Waals surface area (Å²) in [7, 11) is 0. The first-order valence-electron chi connectivity index (χ1n) is 10.3. The van der Waals surface area contributed by atoms with Crippen molar-refractivity contribution in [1.29, 1.82) is 0 Å². The van der Waals surface area contributed by atoms with Crippen LogP contribution in [0.15, 0.2) is 78.9 Å². The van der Waals surface area contributed by atoms with Crippen LogP contribution in [0.25, 0.3) is 0 Å². The molecule has 3 aromatic rings. The molecule has 1 N–H and O–H groups in total. The molecule has 5 nitrogen and oxygen atoms in total. The highest BCUT2D eigenvalue weighted by Gasteiger charge is 2.46. The highest BCUT2D eigenvalue weighted by molar-refractivity contribution is 5.81. The lowest BCUT2D eigenvalue weighted by atomic mass is 9.92. The van der Waals surface area contributed by atoms with Crippen molar-refractivity contribution in [2.75, 3.05) is 6.61 Å². The number of aryl methyl sites for hydroxylation is 1. The standard InChI is InChI=1S/C26H28O5/c1-4-29-25(28)26(3,31-23-13-9-8-10-19(23)2)24(27)21-14-16-22(17-15-21)30-18-20-11-6-5-7-12-20/h5-17,24,27H,4,18H2,1-3H3. The number of para-hydroxylation sites is 1. The van der Waals surface area contributed by atoms with Gasteiger partial charge in [-0.25, -0.2) is 4.79 Å². The average Bonchev–Trinajstić information content (AvgIpc) is 2.80. The molecule has 2 unspecified atom stereocenters. The van der Waals surface area contributed by atoms with Gasteiger partial charge in [-0.05, 0) is 55.7 Å². The quantitative estimate of drug-likeness (QED) is 0.493. The normalized spacial score (nSPS) is 13.7. The fourth-order valence-corrected chi connectivity index (χ4v) is 3.19. The number of aliphatic hydroxyl groups excluding tert-OH is 1. The molecule has 0 heterocycles. The van der Waals surface area contributed by atoms with Crippen molar-refractivity contribution in [1.82, 2.24) is 0 Å². The highest BCUT2D eigenvalue weighted by atomic mass is 16.6. The molecule has 0 fully saturated rings. The van der Waals surface area contributed by atoms with E-state index in [-0.39, 0.29) is 6.61 Å². The lowest BCUT2D eigenvalue weighted by Gasteiger charge is -2.33. The Labute approximate surface area is 183 Å². The van der Waals surface area contributed by atoms with Gasteiger partial charge in [-0.15, -0.1) is 0 Å². The van der Waals surface area contributed by atoms with Crippen LogP contribution in [0.5, 0.6) is 11.5 Å². The van der Waals surface area contributed by atoms with Crippen LogP contribution in [0.2, 0.25) is 0 Å². The number of carbonyl (C=O) groups is 1. The molecule has 0 spiro atoms. The number of rotatable bonds is 9. The Balaban J connectivity index is 1.79. The minimum atomic E-state index is -1.62. The maximum atomic E-state index is 12.8. The molecule has 0 bridgehead atoms. The van der Waals surface area contributed by atoms with E-state index < -0.39 is 17.7 Å². The Kier molecular flexibility index (Phi) is 7.32. The van der Waals surface area contributed by atoms with E-state index in [1.807, 2.05) is 55.5 Å². The van der Waals surface area contributed by atoms with E-state index in [0.717, 1.165) is 11.1 Å². The first kappa shape index (κ1) is 22.4. The maximum absolute atomic E-state index is 12.8. The highest BCUT2D eigenvalue weighted by Crippen LogP contribution is 2.34. The second-order valence-electron chi connectivity index (χ2n) is 7.44. The van der Waals surface area contributed by atoms with Crippen LogP contribution < -0.4 is 9.47 Å². The number of aliphatic hydroxyl groups is 1. The third kappa shape index (κ3) is 5.44. The molecule has 0 aromatic heterocycles. The Morgan fingerprint density at radius 1 is 0.968 bits per heavy atom. The van der Waals surface area contributed by atoms with E-state index in [1.54, 1.807) is 44.2 Å². The van der Waals surface area contributed by atoms with Gasteiger partial charge in [-0.1, -0.05) is 60.7 Å². The van der Waals surface area contributed by atoms with Crippen molar-refractivity contribution in [3.63, 3.8) is 0 Å². The topological polar surface area (TPSA) is 65.0 Å². The fourth-order valence-electron chi connectivity index (χ4n) is 3.19. The predicted octanol–water partition coefficient (Wildman–Crippen LogP) is 5.01. The molecule has 31 heavy (non-hydrogen) atoms. The first-order chi connectivity index (χ1) is 14.9. The van der Waals surface area contributed by atoms with Gasteiger partial charge in [0.1, 0.15) is 24.2 Å². The number of hydrogen-bond donors (Lipinski definition) is 1. The van der Waals surface area contributed by atoms with Gasteiger partial charge < -0.3 is 19.3 Å². The molecule has 162 valence electrons. The van der Waals surface area contributed by atoms with Crippen LogP contribution in [0, 0.1) is 6.92 Å². The summed E-state index contributed by atoms with van der Waals surface area (Å²) in [6, 6.07) is 24.2. The van der Waals surface area contributed by atoms with Gasteiger partial charge in [-0.3, -0.25) is 0 Å². The molecular weight excluding hydrogens is 392 g/mol. The molecule has 3 aromatic carbocycles. The molecular formula is C26H28O5. The second kappa shape index (κ2) is 10.1. The number of benzene rings is 3. The van der Waals surface area contributed by atoms with Crippen molar-refractivity contribution in [2.24, 2.45) is 0 Å². The van der Waals surface area contributed by atoms with Gasteiger partial charge in [0.2, 0.25) is 5.60 Å². The second-order valence-corrected chi connectivity index (χ2v) is 7.44. The molecule has 0 radical (unpaired) electrons. The van der Waals surface area contributed by atoms with Crippen LogP contribution in [0.3, 0.4) is 0 Å². The lowest BCUT2D eigenvalue weighted by molar-refractivity contribution is -0.171. The largest absolute Gasteiger partial charge is 0.489 e. The van der Waals surface area contributed by atoms with Gasteiger partial charge >= 0.3 is 5.97 Å². The predicted molar refractivity (Wildman–Crippen MR) is 119 cm³/mol. The summed E-state index contributed by atoms with van der Waals surface area (Å²) < 4.78 is 17.1. The summed E-state index contributed by atoms with van der Waals surface area (Å²) >= 11 is 0. The van der Waals surface area contributed by atoms with Crippen LogP contribution in [-0.4, -0.2) is 23.3 Å². The lowest BCUT2D eigenvalue weighted by Crippen LogP contribution is -2.48. The van der Waals surface area contributed by atoms with Crippen LogP contribution in [0.1, 0.15) is 36.6 Å². The van der Waals surface area contributed by atoms with E-state index in [2.05, 4.69) is 0 Å². The molecule has 0 saturated heterocycles. The van der Waals surface area contributed by atoms with E-state index >= 15 is 0 Å². The van der Waals surface area contributed by atoms with E-state index in [0.29, 0.717) is 23.7 Å². The zero-order valence-corrected chi connectivity index (χ0v) is 18.1. The fraction of sp³-hybridized carbons (Fsp3) is 0.269. The van der Waals surface area contributed by atoms with Crippen molar-refractivity contribution in [3.8, 4) is 11.5 Å². The van der Waals surface area contributed by atoms with Gasteiger partial charge in [0, 0.05) is 0 Å². The third-order valence-electron chi connectivity index (χ3n) is 5.06. The summed E-state index contributed by atoms with van der Waals surface area (Å²) in [5.74, 6) is 0.549. The third-order valence-corrected chi connectivity index (χ3v) is 5.06. The van der Waals surface area contributed by atoms with Crippen LogP contribution >= 0.6 is 0 Å². The average molecular weight is 421 g/mol. The molecule has 5 heteroatoms. The minimum absolute atomic E-state index is 0.185. The Morgan fingerprint density at radius 3 is 2.26 bits per heavy atom. The Bertz CT molecular complexity index is 984. The molecule has 0 aliphatic heterocycles. The summed E-state index contributed by atoms with van der Waals surface area (Å²) in [6.45, 7) is 5.77. The molecule has 2 atom stereocenters. The smallest absolute Gasteiger partial charge is 0.353 e. The summed E-state index contributed by atoms with van der Waals surface area (Å²) in [6.07, 6.45) is -1.24. The number of carbonyl (C=O) groups excluding carboxylic acids is 1. The Morgan fingerprint density at radius 2 is 1.61 bits per heavy atom. The Hall–Kier alpha value is -3.31. The summed E-state index contributed by atoms with van der Waals surface area (Å²) in [5.41, 5.74) is 0.827. The van der Waals surface area contributed by atoms with Crippen molar-refractivity contribution in [2.45, 2.75) is 39.1 Å². The molecule has 0 aliphatic rings. The van der Waals surface area contributed by atoms with Crippen LogP contribution in [0.4, 0.5) is 0 Å². The van der Waals surface area contributed by atoms with Gasteiger partial charge in [-0.2, -0.15) is 0 Å². The molecule has 0 aliphatic carbocycles. The van der Waals surface area contributed by atoms with E-state index in [9.17, 15) is 9.90 Å². The van der Waals surface area contributed by atoms with Gasteiger partial charge in [0.25, 0.3) is 0 Å². The van der Waals surface area contributed by atoms with E-state index in [1.165, 1.54) is 0 Å². The van der Waals surface area contributed by atoms with Crippen LogP contribution in [-0.2, 0) is 16.1 Å². The van der Waals surface area contributed by atoms with Crippen molar-refractivity contribution in [3.05, 3.63) is 95.6 Å². The number of hydrogen-bond acceptors (Lipinski definition) is 5. The number of ether oxygens (including phenoxy) is 3. The minimum Gasteiger partial charge on any atom is -0.489 e. The van der Waals surface area contributed by atoms with Crippen molar-refractivity contribution >= 4 is 5.97 Å².